The van der Waals surface area contributed by atoms with Crippen molar-refractivity contribution in [2.45, 2.75) is 24.9 Å². The van der Waals surface area contributed by atoms with Crippen LogP contribution in [0.3, 0.4) is 0 Å². The number of hydrogen-bond acceptors (Lipinski definition) is 4. The van der Waals surface area contributed by atoms with E-state index in [1.807, 2.05) is 13.0 Å². The molecule has 25 heavy (non-hydrogen) atoms. The van der Waals surface area contributed by atoms with E-state index < -0.39 is 21.0 Å². The Kier molecular flexibility index (Phi) is 6.08. The van der Waals surface area contributed by atoms with Crippen molar-refractivity contribution in [1.29, 1.82) is 0 Å². The number of halogens is 1. The number of benzene rings is 2. The number of sulfone groups is 1. The predicted molar refractivity (Wildman–Crippen MR) is 99.9 cm³/mol. The lowest BCUT2D eigenvalue weighted by Gasteiger charge is -2.16. The van der Waals surface area contributed by atoms with Crippen molar-refractivity contribution in [2.24, 2.45) is 0 Å². The number of carbonyl (C=O) groups excluding carboxylic acids is 1. The van der Waals surface area contributed by atoms with Crippen LogP contribution in [0.1, 0.15) is 18.1 Å². The Morgan fingerprint density at radius 3 is 2.56 bits per heavy atom. The first-order valence-electron chi connectivity index (χ1n) is 7.65. The number of amides is 1. The first-order valence-corrected chi connectivity index (χ1v) is 9.74. The molecule has 0 aliphatic heterocycles. The largest absolute Gasteiger partial charge is 0.495 e. The van der Waals surface area contributed by atoms with Gasteiger partial charge in [0.05, 0.1) is 18.6 Å². The molecule has 5 nitrogen and oxygen atoms in total. The maximum absolute atomic E-state index is 12.6. The van der Waals surface area contributed by atoms with Crippen LogP contribution in [0.2, 0.25) is 5.02 Å². The van der Waals surface area contributed by atoms with E-state index in [-0.39, 0.29) is 5.75 Å². The van der Waals surface area contributed by atoms with Crippen LogP contribution in [0, 0.1) is 6.92 Å². The SMILES string of the molecule is COc1ccc(C)cc1NC(=O)C(C)S(=O)(=O)Cc1ccccc1Cl. The summed E-state index contributed by atoms with van der Waals surface area (Å²) < 4.78 is 30.3. The van der Waals surface area contributed by atoms with Crippen LogP contribution in [0.25, 0.3) is 0 Å². The molecule has 1 atom stereocenters. The molecular weight excluding hydrogens is 362 g/mol. The highest BCUT2D eigenvalue weighted by Gasteiger charge is 2.29. The van der Waals surface area contributed by atoms with Gasteiger partial charge in [0.15, 0.2) is 9.84 Å². The Bertz CT molecular complexity index is 880. The first-order chi connectivity index (χ1) is 11.7. The lowest BCUT2D eigenvalue weighted by molar-refractivity contribution is -0.115. The van der Waals surface area contributed by atoms with E-state index in [1.165, 1.54) is 14.0 Å². The van der Waals surface area contributed by atoms with Gasteiger partial charge < -0.3 is 10.1 Å². The molecule has 1 N–H and O–H groups in total. The minimum absolute atomic E-state index is 0.299. The number of aryl methyl sites for hydroxylation is 1. The van der Waals surface area contributed by atoms with Gasteiger partial charge in [-0.05, 0) is 43.2 Å². The number of nitrogens with one attached hydrogen (secondary N) is 1. The van der Waals surface area contributed by atoms with E-state index in [0.717, 1.165) is 5.56 Å². The third-order valence-corrected chi connectivity index (χ3v) is 6.21. The van der Waals surface area contributed by atoms with Gasteiger partial charge in [0.2, 0.25) is 5.91 Å². The number of carbonyl (C=O) groups is 1. The van der Waals surface area contributed by atoms with Crippen LogP contribution in [-0.4, -0.2) is 26.7 Å². The zero-order chi connectivity index (χ0) is 18.6. The van der Waals surface area contributed by atoms with Crippen molar-refractivity contribution >= 4 is 33.0 Å². The number of anilines is 1. The maximum Gasteiger partial charge on any atom is 0.242 e. The third-order valence-electron chi connectivity index (χ3n) is 3.84. The Labute approximate surface area is 152 Å². The summed E-state index contributed by atoms with van der Waals surface area (Å²) in [5.74, 6) is -0.447. The van der Waals surface area contributed by atoms with Gasteiger partial charge in [-0.25, -0.2) is 8.42 Å². The molecule has 0 saturated carbocycles. The van der Waals surface area contributed by atoms with Gasteiger partial charge in [-0.15, -0.1) is 0 Å². The summed E-state index contributed by atoms with van der Waals surface area (Å²) in [6, 6.07) is 12.0. The summed E-state index contributed by atoms with van der Waals surface area (Å²) in [6.45, 7) is 3.23. The quantitative estimate of drug-likeness (QED) is 0.829. The molecule has 1 amide bonds. The van der Waals surface area contributed by atoms with Crippen molar-refractivity contribution in [3.8, 4) is 5.75 Å². The zero-order valence-corrected chi connectivity index (χ0v) is 15.8. The molecule has 0 aromatic heterocycles. The lowest BCUT2D eigenvalue weighted by Crippen LogP contribution is -2.33. The molecule has 0 bridgehead atoms. The highest BCUT2D eigenvalue weighted by atomic mass is 35.5. The summed E-state index contributed by atoms with van der Waals surface area (Å²) in [6.07, 6.45) is 0. The molecule has 1 unspecified atom stereocenters. The Morgan fingerprint density at radius 2 is 1.92 bits per heavy atom. The predicted octanol–water partition coefficient (Wildman–Crippen LogP) is 3.60. The summed E-state index contributed by atoms with van der Waals surface area (Å²) in [5.41, 5.74) is 1.83. The molecule has 0 saturated heterocycles. The number of hydrogen-bond donors (Lipinski definition) is 1. The van der Waals surface area contributed by atoms with Gasteiger partial charge in [-0.2, -0.15) is 0 Å². The fourth-order valence-corrected chi connectivity index (χ4v) is 3.88. The van der Waals surface area contributed by atoms with Crippen LogP contribution >= 0.6 is 11.6 Å². The number of rotatable bonds is 6. The Morgan fingerprint density at radius 1 is 1.24 bits per heavy atom. The molecule has 0 spiro atoms. The van der Waals surface area contributed by atoms with Crippen molar-refractivity contribution in [1.82, 2.24) is 0 Å². The van der Waals surface area contributed by atoms with Crippen molar-refractivity contribution in [2.75, 3.05) is 12.4 Å². The summed E-state index contributed by atoms with van der Waals surface area (Å²) in [4.78, 5) is 12.4. The highest BCUT2D eigenvalue weighted by Crippen LogP contribution is 2.26. The second-order valence-corrected chi connectivity index (χ2v) is 8.46. The minimum atomic E-state index is -3.72. The Balaban J connectivity index is 2.19. The van der Waals surface area contributed by atoms with E-state index in [2.05, 4.69) is 5.32 Å². The van der Waals surface area contributed by atoms with Crippen molar-refractivity contribution in [3.63, 3.8) is 0 Å². The average molecular weight is 382 g/mol. The monoisotopic (exact) mass is 381 g/mol. The molecule has 0 radical (unpaired) electrons. The summed E-state index contributed by atoms with van der Waals surface area (Å²) >= 11 is 6.02. The van der Waals surface area contributed by atoms with Crippen molar-refractivity contribution < 1.29 is 17.9 Å². The van der Waals surface area contributed by atoms with Gasteiger partial charge in [-0.1, -0.05) is 35.9 Å². The topological polar surface area (TPSA) is 72.5 Å². The van der Waals surface area contributed by atoms with Gasteiger partial charge in [0, 0.05) is 5.02 Å². The second kappa shape index (κ2) is 7.89. The molecule has 2 aromatic rings. The molecule has 2 aromatic carbocycles. The van der Waals surface area contributed by atoms with Crippen molar-refractivity contribution in [3.05, 3.63) is 58.6 Å². The van der Waals surface area contributed by atoms with E-state index in [4.69, 9.17) is 16.3 Å². The van der Waals surface area contributed by atoms with Gasteiger partial charge in [0.1, 0.15) is 11.0 Å². The molecule has 7 heteroatoms. The highest BCUT2D eigenvalue weighted by molar-refractivity contribution is 7.92. The zero-order valence-electron chi connectivity index (χ0n) is 14.2. The van der Waals surface area contributed by atoms with E-state index in [1.54, 1.807) is 36.4 Å². The lowest BCUT2D eigenvalue weighted by atomic mass is 10.2. The van der Waals surface area contributed by atoms with Crippen LogP contribution in [0.5, 0.6) is 5.75 Å². The van der Waals surface area contributed by atoms with Crippen LogP contribution < -0.4 is 10.1 Å². The van der Waals surface area contributed by atoms with Crippen LogP contribution in [0.4, 0.5) is 5.69 Å². The van der Waals surface area contributed by atoms with Crippen LogP contribution in [0.15, 0.2) is 42.5 Å². The molecule has 0 aliphatic rings. The molecule has 134 valence electrons. The van der Waals surface area contributed by atoms with E-state index in [0.29, 0.717) is 22.0 Å². The number of ether oxygens (including phenoxy) is 1. The molecular formula is C18H20ClNO4S. The Hall–Kier alpha value is -2.05. The molecule has 0 aliphatic carbocycles. The summed E-state index contributed by atoms with van der Waals surface area (Å²) in [7, 11) is -2.24. The maximum atomic E-state index is 12.6. The fourth-order valence-electron chi connectivity index (χ4n) is 2.27. The van der Waals surface area contributed by atoms with E-state index in [9.17, 15) is 13.2 Å². The van der Waals surface area contributed by atoms with Crippen LogP contribution in [-0.2, 0) is 20.4 Å². The summed E-state index contributed by atoms with van der Waals surface area (Å²) in [5, 5.41) is 1.76. The normalized spacial score (nSPS) is 12.5. The standard InChI is InChI=1S/C18H20ClNO4S/c1-12-8-9-17(24-3)16(10-12)20-18(21)13(2)25(22,23)11-14-6-4-5-7-15(14)19/h4-10,13H,11H2,1-3H3,(H,20,21). The smallest absolute Gasteiger partial charge is 0.242 e. The van der Waals surface area contributed by atoms with E-state index >= 15 is 0 Å². The molecule has 0 heterocycles. The minimum Gasteiger partial charge on any atom is -0.495 e. The molecule has 0 fully saturated rings. The van der Waals surface area contributed by atoms with Gasteiger partial charge in [0.25, 0.3) is 0 Å². The third kappa shape index (κ3) is 4.74. The first kappa shape index (κ1) is 19.3. The fraction of sp³-hybridized carbons (Fsp3) is 0.278. The second-order valence-electron chi connectivity index (χ2n) is 5.73. The average Bonchev–Trinajstić information content (AvgIpc) is 2.56. The van der Waals surface area contributed by atoms with Gasteiger partial charge >= 0.3 is 0 Å². The number of methoxy groups -OCH3 is 1. The van der Waals surface area contributed by atoms with Gasteiger partial charge in [-0.3, -0.25) is 4.79 Å². The molecule has 2 rings (SSSR count).